The summed E-state index contributed by atoms with van der Waals surface area (Å²) in [6, 6.07) is 11.6. The van der Waals surface area contributed by atoms with Gasteiger partial charge in [-0.1, -0.05) is 18.2 Å². The Morgan fingerprint density at radius 3 is 2.34 bits per heavy atom. The molecule has 2 heterocycles. The molecule has 1 aromatic carbocycles. The fourth-order valence-electron chi connectivity index (χ4n) is 3.34. The van der Waals surface area contributed by atoms with E-state index in [9.17, 15) is 18.0 Å². The van der Waals surface area contributed by atoms with Crippen LogP contribution in [0.2, 0.25) is 0 Å². The van der Waals surface area contributed by atoms with Crippen molar-refractivity contribution in [3.8, 4) is 0 Å². The average molecular weight is 416 g/mol. The molecule has 1 N–H and O–H groups in total. The summed E-state index contributed by atoms with van der Waals surface area (Å²) < 4.78 is 24.5. The Bertz CT molecular complexity index is 925. The first-order chi connectivity index (χ1) is 14.0. The van der Waals surface area contributed by atoms with Crippen LogP contribution in [-0.4, -0.2) is 55.5 Å². The summed E-state index contributed by atoms with van der Waals surface area (Å²) in [4.78, 5) is 30.5. The molecule has 0 aliphatic carbocycles. The first-order valence-corrected chi connectivity index (χ1v) is 11.3. The molecule has 2 aromatic rings. The molecule has 0 atom stereocenters. The molecule has 0 bridgehead atoms. The number of rotatable bonds is 7. The van der Waals surface area contributed by atoms with E-state index in [1.54, 1.807) is 42.7 Å². The van der Waals surface area contributed by atoms with E-state index in [-0.39, 0.29) is 34.8 Å². The van der Waals surface area contributed by atoms with Gasteiger partial charge in [0.1, 0.15) is 0 Å². The molecular weight excluding hydrogens is 390 g/mol. The smallest absolute Gasteiger partial charge is 0.253 e. The maximum atomic E-state index is 12.4. The van der Waals surface area contributed by atoms with Crippen molar-refractivity contribution in [3.05, 3.63) is 60.4 Å². The fourth-order valence-corrected chi connectivity index (χ4v) is 4.60. The third-order valence-electron chi connectivity index (χ3n) is 5.12. The number of likely N-dealkylation sites (tertiary alicyclic amines) is 1. The van der Waals surface area contributed by atoms with Crippen LogP contribution in [0, 0.1) is 5.92 Å². The van der Waals surface area contributed by atoms with Gasteiger partial charge in [0.05, 0.1) is 10.6 Å². The van der Waals surface area contributed by atoms with E-state index in [1.807, 2.05) is 4.90 Å². The van der Waals surface area contributed by atoms with Gasteiger partial charge in [0, 0.05) is 44.0 Å². The average Bonchev–Trinajstić information content (AvgIpc) is 2.77. The quantitative estimate of drug-likeness (QED) is 0.745. The zero-order valence-corrected chi connectivity index (χ0v) is 17.0. The van der Waals surface area contributed by atoms with Crippen LogP contribution in [0.25, 0.3) is 0 Å². The second-order valence-corrected chi connectivity index (χ2v) is 9.27. The number of nitrogens with one attached hydrogen (secondary N) is 1. The number of sulfone groups is 1. The van der Waals surface area contributed by atoms with Gasteiger partial charge in [0.2, 0.25) is 5.91 Å². The summed E-state index contributed by atoms with van der Waals surface area (Å²) in [6.45, 7) is 1.79. The molecule has 3 rings (SSSR count). The summed E-state index contributed by atoms with van der Waals surface area (Å²) in [5, 5.41) is 2.84. The van der Waals surface area contributed by atoms with Crippen LogP contribution in [0.1, 0.15) is 29.6 Å². The molecule has 1 aliphatic rings. The van der Waals surface area contributed by atoms with Crippen molar-refractivity contribution in [1.29, 1.82) is 0 Å². The van der Waals surface area contributed by atoms with E-state index >= 15 is 0 Å². The first-order valence-electron chi connectivity index (χ1n) is 9.69. The molecule has 2 amide bonds. The summed E-state index contributed by atoms with van der Waals surface area (Å²) in [5.74, 6) is -0.186. The largest absolute Gasteiger partial charge is 0.356 e. The zero-order chi connectivity index (χ0) is 20.7. The molecule has 0 spiro atoms. The lowest BCUT2D eigenvalue weighted by molar-refractivity contribution is -0.120. The summed E-state index contributed by atoms with van der Waals surface area (Å²) >= 11 is 0. The van der Waals surface area contributed by atoms with Crippen LogP contribution < -0.4 is 5.32 Å². The van der Waals surface area contributed by atoms with Gasteiger partial charge in [0.25, 0.3) is 5.91 Å². The van der Waals surface area contributed by atoms with Gasteiger partial charge in [-0.05, 0) is 43.0 Å². The van der Waals surface area contributed by atoms with Crippen LogP contribution in [0.3, 0.4) is 0 Å². The van der Waals surface area contributed by atoms with Crippen LogP contribution in [0.5, 0.6) is 0 Å². The fraction of sp³-hybridized carbons (Fsp3) is 0.381. The Labute approximate surface area is 171 Å². The molecule has 0 radical (unpaired) electrons. The van der Waals surface area contributed by atoms with Crippen LogP contribution in [-0.2, 0) is 14.6 Å². The van der Waals surface area contributed by atoms with Gasteiger partial charge in [-0.15, -0.1) is 0 Å². The first kappa shape index (κ1) is 21.0. The maximum absolute atomic E-state index is 12.4. The van der Waals surface area contributed by atoms with Crippen LogP contribution in [0.15, 0.2) is 59.8 Å². The van der Waals surface area contributed by atoms with Crippen molar-refractivity contribution in [1.82, 2.24) is 15.2 Å². The predicted molar refractivity (Wildman–Crippen MR) is 109 cm³/mol. The monoisotopic (exact) mass is 415 g/mol. The standard InChI is InChI=1S/C21H25N3O4S/c25-20(10-15-29(27,28)19-4-2-1-3-5-19)23-16-17-8-13-24(14-9-17)21(26)18-6-11-22-12-7-18/h1-7,11-12,17H,8-10,13-16H2,(H,23,25). The number of benzene rings is 1. The number of pyridine rings is 1. The van der Waals surface area contributed by atoms with E-state index in [0.29, 0.717) is 25.2 Å². The molecule has 1 aromatic heterocycles. The number of amides is 2. The van der Waals surface area contributed by atoms with Gasteiger partial charge < -0.3 is 10.2 Å². The number of hydrogen-bond donors (Lipinski definition) is 1. The molecule has 154 valence electrons. The van der Waals surface area contributed by atoms with Gasteiger partial charge in [-0.3, -0.25) is 14.6 Å². The van der Waals surface area contributed by atoms with E-state index < -0.39 is 9.84 Å². The molecule has 1 saturated heterocycles. The van der Waals surface area contributed by atoms with Gasteiger partial charge in [0.15, 0.2) is 9.84 Å². The third-order valence-corrected chi connectivity index (χ3v) is 6.85. The highest BCUT2D eigenvalue weighted by atomic mass is 32.2. The number of piperidine rings is 1. The Kier molecular flexibility index (Phi) is 6.98. The Hall–Kier alpha value is -2.74. The van der Waals surface area contributed by atoms with Gasteiger partial charge >= 0.3 is 0 Å². The second kappa shape index (κ2) is 9.65. The topological polar surface area (TPSA) is 96.4 Å². The lowest BCUT2D eigenvalue weighted by Gasteiger charge is -2.32. The Morgan fingerprint density at radius 1 is 1.03 bits per heavy atom. The number of nitrogens with zero attached hydrogens (tertiary/aromatic N) is 2. The minimum Gasteiger partial charge on any atom is -0.356 e. The maximum Gasteiger partial charge on any atom is 0.253 e. The number of carbonyl (C=O) groups is 2. The molecule has 1 aliphatic heterocycles. The highest BCUT2D eigenvalue weighted by molar-refractivity contribution is 7.91. The number of hydrogen-bond acceptors (Lipinski definition) is 5. The lowest BCUT2D eigenvalue weighted by Crippen LogP contribution is -2.41. The van der Waals surface area contributed by atoms with Gasteiger partial charge in [-0.25, -0.2) is 8.42 Å². The molecule has 1 fully saturated rings. The molecule has 8 heteroatoms. The molecule has 7 nitrogen and oxygen atoms in total. The normalized spacial score (nSPS) is 15.1. The highest BCUT2D eigenvalue weighted by Gasteiger charge is 2.24. The second-order valence-electron chi connectivity index (χ2n) is 7.16. The molecule has 29 heavy (non-hydrogen) atoms. The van der Waals surface area contributed by atoms with Crippen molar-refractivity contribution < 1.29 is 18.0 Å². The third kappa shape index (κ3) is 5.87. The van der Waals surface area contributed by atoms with Crippen molar-refractivity contribution in [2.45, 2.75) is 24.2 Å². The van der Waals surface area contributed by atoms with E-state index in [1.165, 1.54) is 12.1 Å². The van der Waals surface area contributed by atoms with Crippen molar-refractivity contribution in [2.75, 3.05) is 25.4 Å². The van der Waals surface area contributed by atoms with Crippen molar-refractivity contribution in [2.24, 2.45) is 5.92 Å². The summed E-state index contributed by atoms with van der Waals surface area (Å²) in [7, 11) is -3.45. The van der Waals surface area contributed by atoms with Crippen molar-refractivity contribution in [3.63, 3.8) is 0 Å². The number of carbonyl (C=O) groups excluding carboxylic acids is 2. The Morgan fingerprint density at radius 2 is 1.69 bits per heavy atom. The SMILES string of the molecule is O=C(CCS(=O)(=O)c1ccccc1)NCC1CCN(C(=O)c2ccncc2)CC1. The predicted octanol–water partition coefficient (Wildman–Crippen LogP) is 1.91. The zero-order valence-electron chi connectivity index (χ0n) is 16.2. The molecular formula is C21H25N3O4S. The highest BCUT2D eigenvalue weighted by Crippen LogP contribution is 2.18. The van der Waals surface area contributed by atoms with Crippen LogP contribution in [0.4, 0.5) is 0 Å². The lowest BCUT2D eigenvalue weighted by atomic mass is 9.96. The summed E-state index contributed by atoms with van der Waals surface area (Å²) in [6.07, 6.45) is 4.76. The summed E-state index contributed by atoms with van der Waals surface area (Å²) in [5.41, 5.74) is 0.631. The van der Waals surface area contributed by atoms with E-state index in [2.05, 4.69) is 10.3 Å². The number of aromatic nitrogens is 1. The Balaban J connectivity index is 1.39. The minimum absolute atomic E-state index is 0.000930. The van der Waals surface area contributed by atoms with E-state index in [0.717, 1.165) is 12.8 Å². The minimum atomic E-state index is -3.45. The molecule has 0 unspecified atom stereocenters. The van der Waals surface area contributed by atoms with Crippen molar-refractivity contribution >= 4 is 21.7 Å². The van der Waals surface area contributed by atoms with E-state index in [4.69, 9.17) is 0 Å². The van der Waals surface area contributed by atoms with Crippen LogP contribution >= 0.6 is 0 Å². The molecule has 0 saturated carbocycles. The van der Waals surface area contributed by atoms with Gasteiger partial charge in [-0.2, -0.15) is 0 Å².